The minimum absolute atomic E-state index is 0.0583. The molecule has 2 heterocycles. The normalized spacial score (nSPS) is 10.4. The lowest BCUT2D eigenvalue weighted by atomic mass is 10.1. The summed E-state index contributed by atoms with van der Waals surface area (Å²) in [7, 11) is 0. The second-order valence-electron chi connectivity index (χ2n) is 5.22. The Morgan fingerprint density at radius 3 is 2.54 bits per heavy atom. The van der Waals surface area contributed by atoms with E-state index in [1.807, 2.05) is 26.0 Å². The SMILES string of the molecule is Cc1ccc(NC(=O)c2coc(NC(=O)c3ccco3)n2)cc1C. The van der Waals surface area contributed by atoms with Gasteiger partial charge in [0.15, 0.2) is 11.5 Å². The fourth-order valence-corrected chi connectivity index (χ4v) is 2.02. The Morgan fingerprint density at radius 2 is 1.83 bits per heavy atom. The Labute approximate surface area is 137 Å². The van der Waals surface area contributed by atoms with Crippen LogP contribution in [0.15, 0.2) is 51.7 Å². The second-order valence-corrected chi connectivity index (χ2v) is 5.22. The molecule has 0 radical (unpaired) electrons. The fourth-order valence-electron chi connectivity index (χ4n) is 2.02. The Balaban J connectivity index is 1.67. The van der Waals surface area contributed by atoms with Gasteiger partial charge in [-0.2, -0.15) is 4.98 Å². The maximum atomic E-state index is 12.2. The number of nitrogens with one attached hydrogen (secondary N) is 2. The van der Waals surface area contributed by atoms with E-state index in [2.05, 4.69) is 15.6 Å². The van der Waals surface area contributed by atoms with Gasteiger partial charge >= 0.3 is 6.01 Å². The van der Waals surface area contributed by atoms with Gasteiger partial charge in [-0.1, -0.05) is 6.07 Å². The number of furan rings is 1. The average molecular weight is 325 g/mol. The van der Waals surface area contributed by atoms with Crippen LogP contribution < -0.4 is 10.6 Å². The van der Waals surface area contributed by atoms with E-state index < -0.39 is 11.8 Å². The van der Waals surface area contributed by atoms with Crippen LogP contribution in [0.25, 0.3) is 0 Å². The van der Waals surface area contributed by atoms with E-state index in [0.717, 1.165) is 11.1 Å². The van der Waals surface area contributed by atoms with Crippen molar-refractivity contribution in [3.63, 3.8) is 0 Å². The molecule has 7 heteroatoms. The third kappa shape index (κ3) is 3.35. The van der Waals surface area contributed by atoms with Gasteiger partial charge in [0.25, 0.3) is 11.8 Å². The number of carbonyl (C=O) groups is 2. The van der Waals surface area contributed by atoms with E-state index in [4.69, 9.17) is 8.83 Å². The topological polar surface area (TPSA) is 97.4 Å². The largest absolute Gasteiger partial charge is 0.459 e. The molecule has 0 aliphatic heterocycles. The summed E-state index contributed by atoms with van der Waals surface area (Å²) in [6.45, 7) is 3.95. The number of hydrogen-bond acceptors (Lipinski definition) is 5. The van der Waals surface area contributed by atoms with Crippen molar-refractivity contribution >= 4 is 23.5 Å². The van der Waals surface area contributed by atoms with Crippen molar-refractivity contribution in [3.8, 4) is 0 Å². The molecule has 1 aromatic carbocycles. The number of anilines is 2. The lowest BCUT2D eigenvalue weighted by Crippen LogP contribution is -2.14. The van der Waals surface area contributed by atoms with Gasteiger partial charge in [0.1, 0.15) is 6.26 Å². The summed E-state index contributed by atoms with van der Waals surface area (Å²) in [5, 5.41) is 5.14. The number of aromatic nitrogens is 1. The minimum Gasteiger partial charge on any atom is -0.459 e. The second kappa shape index (κ2) is 6.41. The van der Waals surface area contributed by atoms with E-state index >= 15 is 0 Å². The molecule has 7 nitrogen and oxygen atoms in total. The minimum atomic E-state index is -0.511. The quantitative estimate of drug-likeness (QED) is 0.766. The lowest BCUT2D eigenvalue weighted by molar-refractivity contribution is 0.0990. The number of hydrogen-bond donors (Lipinski definition) is 2. The molecule has 3 aromatic rings. The summed E-state index contributed by atoms with van der Waals surface area (Å²) in [5.41, 5.74) is 2.92. The van der Waals surface area contributed by atoms with Crippen LogP contribution in [0, 0.1) is 13.8 Å². The van der Waals surface area contributed by atoms with Crippen molar-refractivity contribution in [1.82, 2.24) is 4.98 Å². The van der Waals surface area contributed by atoms with Gasteiger partial charge < -0.3 is 14.2 Å². The molecule has 0 atom stereocenters. The summed E-state index contributed by atoms with van der Waals surface area (Å²) in [4.78, 5) is 27.9. The van der Waals surface area contributed by atoms with Crippen molar-refractivity contribution in [2.45, 2.75) is 13.8 Å². The van der Waals surface area contributed by atoms with Crippen LogP contribution in [0.4, 0.5) is 11.7 Å². The summed E-state index contributed by atoms with van der Waals surface area (Å²) >= 11 is 0. The van der Waals surface area contributed by atoms with Gasteiger partial charge in [0.2, 0.25) is 0 Å². The number of nitrogens with zero attached hydrogens (tertiary/aromatic N) is 1. The van der Waals surface area contributed by atoms with E-state index in [1.54, 1.807) is 12.1 Å². The van der Waals surface area contributed by atoms with Crippen LogP contribution in [-0.2, 0) is 0 Å². The molecule has 3 rings (SSSR count). The van der Waals surface area contributed by atoms with Crippen LogP contribution >= 0.6 is 0 Å². The molecule has 0 unspecified atom stereocenters. The molecule has 122 valence electrons. The van der Waals surface area contributed by atoms with Crippen LogP contribution in [0.3, 0.4) is 0 Å². The molecule has 0 spiro atoms. The van der Waals surface area contributed by atoms with E-state index in [1.165, 1.54) is 18.6 Å². The highest BCUT2D eigenvalue weighted by molar-refractivity contribution is 6.04. The third-order valence-corrected chi connectivity index (χ3v) is 3.47. The number of amides is 2. The fraction of sp³-hybridized carbons (Fsp3) is 0.118. The van der Waals surface area contributed by atoms with Gasteiger partial charge in [-0.25, -0.2) is 0 Å². The first-order valence-electron chi connectivity index (χ1n) is 7.22. The van der Waals surface area contributed by atoms with Gasteiger partial charge in [-0.05, 0) is 49.2 Å². The molecular formula is C17H15N3O4. The summed E-state index contributed by atoms with van der Waals surface area (Å²) in [6, 6.07) is 8.61. The molecular weight excluding hydrogens is 310 g/mol. The van der Waals surface area contributed by atoms with Crippen molar-refractivity contribution in [2.24, 2.45) is 0 Å². The van der Waals surface area contributed by atoms with Crippen molar-refractivity contribution in [1.29, 1.82) is 0 Å². The summed E-state index contributed by atoms with van der Waals surface area (Å²) in [5.74, 6) is -0.821. The zero-order valence-electron chi connectivity index (χ0n) is 13.1. The zero-order chi connectivity index (χ0) is 17.1. The Hall–Kier alpha value is -3.35. The lowest BCUT2D eigenvalue weighted by Gasteiger charge is -2.05. The Kier molecular flexibility index (Phi) is 4.15. The Morgan fingerprint density at radius 1 is 1.00 bits per heavy atom. The smallest absolute Gasteiger partial charge is 0.302 e. The monoisotopic (exact) mass is 325 g/mol. The first kappa shape index (κ1) is 15.5. The summed E-state index contributed by atoms with van der Waals surface area (Å²) < 4.78 is 10.1. The molecule has 0 aliphatic carbocycles. The standard InChI is InChI=1S/C17H15N3O4/c1-10-5-6-12(8-11(10)2)18-15(21)13-9-24-17(19-13)20-16(22)14-4-3-7-23-14/h3-9H,1-2H3,(H,18,21)(H,19,20,22). The number of rotatable bonds is 4. The molecule has 0 saturated heterocycles. The van der Waals surface area contributed by atoms with Crippen LogP contribution in [0.5, 0.6) is 0 Å². The van der Waals surface area contributed by atoms with Gasteiger partial charge in [0, 0.05) is 5.69 Å². The predicted octanol–water partition coefficient (Wildman–Crippen LogP) is 3.39. The molecule has 2 N–H and O–H groups in total. The van der Waals surface area contributed by atoms with E-state index in [0.29, 0.717) is 5.69 Å². The van der Waals surface area contributed by atoms with Crippen LogP contribution in [0.2, 0.25) is 0 Å². The first-order valence-corrected chi connectivity index (χ1v) is 7.22. The predicted molar refractivity (Wildman–Crippen MR) is 87.0 cm³/mol. The summed E-state index contributed by atoms with van der Waals surface area (Å²) in [6.07, 6.45) is 2.56. The van der Waals surface area contributed by atoms with Gasteiger partial charge in [0.05, 0.1) is 6.26 Å². The van der Waals surface area contributed by atoms with E-state index in [-0.39, 0.29) is 17.5 Å². The van der Waals surface area contributed by atoms with Crippen LogP contribution in [0.1, 0.15) is 32.2 Å². The number of aryl methyl sites for hydroxylation is 2. The van der Waals surface area contributed by atoms with Gasteiger partial charge in [-0.3, -0.25) is 14.9 Å². The number of oxazole rings is 1. The highest BCUT2D eigenvalue weighted by Crippen LogP contribution is 2.16. The molecule has 0 bridgehead atoms. The maximum Gasteiger partial charge on any atom is 0.302 e. The van der Waals surface area contributed by atoms with Crippen LogP contribution in [-0.4, -0.2) is 16.8 Å². The van der Waals surface area contributed by atoms with Crippen molar-refractivity contribution in [3.05, 3.63) is 65.4 Å². The molecule has 0 saturated carbocycles. The molecule has 24 heavy (non-hydrogen) atoms. The first-order chi connectivity index (χ1) is 11.5. The maximum absolute atomic E-state index is 12.2. The van der Waals surface area contributed by atoms with Gasteiger partial charge in [-0.15, -0.1) is 0 Å². The zero-order valence-corrected chi connectivity index (χ0v) is 13.1. The molecule has 2 aromatic heterocycles. The molecule has 0 aliphatic rings. The molecule has 0 fully saturated rings. The van der Waals surface area contributed by atoms with E-state index in [9.17, 15) is 9.59 Å². The molecule has 2 amide bonds. The average Bonchev–Trinajstić information content (AvgIpc) is 3.22. The number of carbonyl (C=O) groups excluding carboxylic acids is 2. The Bertz CT molecular complexity index is 881. The highest BCUT2D eigenvalue weighted by atomic mass is 16.4. The van der Waals surface area contributed by atoms with Crippen molar-refractivity contribution in [2.75, 3.05) is 10.6 Å². The number of benzene rings is 1. The third-order valence-electron chi connectivity index (χ3n) is 3.47. The van der Waals surface area contributed by atoms with Crippen molar-refractivity contribution < 1.29 is 18.4 Å². The highest BCUT2D eigenvalue weighted by Gasteiger charge is 2.16.